The standard InChI is InChI=1S/C20H20ClN7O2/c1-11-2-4-12(5-3-11)9-28-10-23-17-16(28)15(13-6-14(21)8-22-7-13)24-18(25-17)19-26-20(29)30-27-19/h6-8,10-12H,2-5,9H2,1H3,(H,26,27,29)/t11-,12-. The molecule has 1 aliphatic carbocycles. The molecule has 1 aliphatic rings. The van der Waals surface area contributed by atoms with Crippen LogP contribution in [0, 0.1) is 11.8 Å². The normalized spacial score (nSPS) is 19.4. The second kappa shape index (κ2) is 7.64. The Balaban J connectivity index is 1.64. The third kappa shape index (κ3) is 3.60. The molecule has 0 amide bonds. The molecule has 0 unspecified atom stereocenters. The molecule has 1 saturated carbocycles. The summed E-state index contributed by atoms with van der Waals surface area (Å²) in [5, 5.41) is 4.21. The van der Waals surface area contributed by atoms with Gasteiger partial charge < -0.3 is 4.57 Å². The Morgan fingerprint density at radius 3 is 2.80 bits per heavy atom. The molecule has 0 saturated heterocycles. The predicted molar refractivity (Wildman–Crippen MR) is 111 cm³/mol. The zero-order valence-electron chi connectivity index (χ0n) is 16.4. The van der Waals surface area contributed by atoms with Gasteiger partial charge >= 0.3 is 5.76 Å². The van der Waals surface area contributed by atoms with E-state index in [1.54, 1.807) is 24.8 Å². The van der Waals surface area contributed by atoms with Crippen molar-refractivity contribution in [3.05, 3.63) is 40.4 Å². The topological polar surface area (TPSA) is 115 Å². The third-order valence-electron chi connectivity index (χ3n) is 5.69. The maximum Gasteiger partial charge on any atom is 0.439 e. The number of nitrogens with zero attached hydrogens (tertiary/aromatic N) is 6. The molecule has 1 N–H and O–H groups in total. The molecule has 0 spiro atoms. The van der Waals surface area contributed by atoms with Gasteiger partial charge in [0.15, 0.2) is 5.65 Å². The van der Waals surface area contributed by atoms with E-state index in [1.165, 1.54) is 25.7 Å². The van der Waals surface area contributed by atoms with Crippen molar-refractivity contribution in [2.45, 2.75) is 39.2 Å². The number of hydrogen-bond acceptors (Lipinski definition) is 7. The molecule has 0 radical (unpaired) electrons. The van der Waals surface area contributed by atoms with Gasteiger partial charge in [-0.25, -0.2) is 19.7 Å². The van der Waals surface area contributed by atoms with Crippen LogP contribution in [-0.4, -0.2) is 34.6 Å². The molecule has 0 atom stereocenters. The van der Waals surface area contributed by atoms with Gasteiger partial charge in [0.05, 0.1) is 11.3 Å². The average molecular weight is 426 g/mol. The molecule has 4 aromatic heterocycles. The van der Waals surface area contributed by atoms with Crippen LogP contribution in [-0.2, 0) is 6.54 Å². The molecule has 5 rings (SSSR count). The number of imidazole rings is 1. The Kier molecular flexibility index (Phi) is 4.82. The van der Waals surface area contributed by atoms with Gasteiger partial charge in [-0.15, -0.1) is 0 Å². The highest BCUT2D eigenvalue weighted by Gasteiger charge is 2.22. The van der Waals surface area contributed by atoms with Crippen LogP contribution in [0.15, 0.2) is 34.1 Å². The summed E-state index contributed by atoms with van der Waals surface area (Å²) in [6.45, 7) is 3.17. The number of halogens is 1. The number of fused-ring (bicyclic) bond motifs is 1. The third-order valence-corrected chi connectivity index (χ3v) is 5.90. The van der Waals surface area contributed by atoms with Crippen molar-refractivity contribution in [2.24, 2.45) is 11.8 Å². The van der Waals surface area contributed by atoms with Crippen LogP contribution in [0.1, 0.15) is 32.6 Å². The van der Waals surface area contributed by atoms with Crippen molar-refractivity contribution in [1.29, 1.82) is 0 Å². The Morgan fingerprint density at radius 1 is 1.23 bits per heavy atom. The van der Waals surface area contributed by atoms with E-state index in [-0.39, 0.29) is 11.6 Å². The summed E-state index contributed by atoms with van der Waals surface area (Å²) in [5.74, 6) is 1.09. The van der Waals surface area contributed by atoms with E-state index in [4.69, 9.17) is 11.6 Å². The minimum atomic E-state index is -0.670. The summed E-state index contributed by atoms with van der Waals surface area (Å²) in [5.41, 5.74) is 2.70. The van der Waals surface area contributed by atoms with Gasteiger partial charge in [0.25, 0.3) is 0 Å². The first-order valence-corrected chi connectivity index (χ1v) is 10.3. The number of aromatic nitrogens is 7. The molecule has 154 valence electrons. The van der Waals surface area contributed by atoms with Gasteiger partial charge in [-0.3, -0.25) is 14.5 Å². The number of aromatic amines is 1. The fourth-order valence-electron chi connectivity index (χ4n) is 4.08. The lowest BCUT2D eigenvalue weighted by Gasteiger charge is -2.26. The van der Waals surface area contributed by atoms with Crippen LogP contribution in [0.25, 0.3) is 34.1 Å². The van der Waals surface area contributed by atoms with Crippen molar-refractivity contribution in [3.63, 3.8) is 0 Å². The Morgan fingerprint density at radius 2 is 2.07 bits per heavy atom. The van der Waals surface area contributed by atoms with Crippen molar-refractivity contribution in [1.82, 2.24) is 34.6 Å². The summed E-state index contributed by atoms with van der Waals surface area (Å²) in [6, 6.07) is 1.80. The molecular formula is C20H20ClN7O2. The molecular weight excluding hydrogens is 406 g/mol. The number of hydrogen-bond donors (Lipinski definition) is 1. The molecule has 0 bridgehead atoms. The predicted octanol–water partition coefficient (Wildman–Crippen LogP) is 3.71. The molecule has 0 aromatic carbocycles. The largest absolute Gasteiger partial charge is 0.439 e. The van der Waals surface area contributed by atoms with Crippen LogP contribution < -0.4 is 5.76 Å². The van der Waals surface area contributed by atoms with E-state index >= 15 is 0 Å². The number of pyridine rings is 1. The van der Waals surface area contributed by atoms with Crippen LogP contribution in [0.4, 0.5) is 0 Å². The lowest BCUT2D eigenvalue weighted by Crippen LogP contribution is -2.17. The lowest BCUT2D eigenvalue weighted by molar-refractivity contribution is 0.266. The summed E-state index contributed by atoms with van der Waals surface area (Å²) in [6.07, 6.45) is 9.98. The lowest BCUT2D eigenvalue weighted by atomic mass is 9.83. The van der Waals surface area contributed by atoms with Crippen molar-refractivity contribution >= 4 is 22.8 Å². The highest BCUT2D eigenvalue weighted by atomic mass is 35.5. The van der Waals surface area contributed by atoms with Gasteiger partial charge in [-0.2, -0.15) is 0 Å². The number of rotatable bonds is 4. The molecule has 30 heavy (non-hydrogen) atoms. The summed E-state index contributed by atoms with van der Waals surface area (Å²) in [7, 11) is 0. The van der Waals surface area contributed by atoms with Crippen molar-refractivity contribution in [2.75, 3.05) is 0 Å². The van der Waals surface area contributed by atoms with Crippen molar-refractivity contribution in [3.8, 4) is 22.9 Å². The first-order valence-electron chi connectivity index (χ1n) is 9.97. The van der Waals surface area contributed by atoms with Gasteiger partial charge in [0, 0.05) is 24.5 Å². The van der Waals surface area contributed by atoms with Crippen molar-refractivity contribution < 1.29 is 4.52 Å². The minimum Gasteiger partial charge on any atom is -0.327 e. The quantitative estimate of drug-likeness (QED) is 0.529. The second-order valence-electron chi connectivity index (χ2n) is 7.93. The molecule has 10 heteroatoms. The Bertz CT molecular complexity index is 1250. The zero-order valence-corrected chi connectivity index (χ0v) is 17.1. The number of nitrogens with one attached hydrogen (secondary N) is 1. The highest BCUT2D eigenvalue weighted by molar-refractivity contribution is 6.30. The molecule has 9 nitrogen and oxygen atoms in total. The molecule has 1 fully saturated rings. The smallest absolute Gasteiger partial charge is 0.327 e. The van der Waals surface area contributed by atoms with Gasteiger partial charge in [-0.1, -0.05) is 36.5 Å². The molecule has 4 aromatic rings. The first kappa shape index (κ1) is 18.9. The monoisotopic (exact) mass is 425 g/mol. The summed E-state index contributed by atoms with van der Waals surface area (Å²) >= 11 is 6.19. The summed E-state index contributed by atoms with van der Waals surface area (Å²) in [4.78, 5) is 31.8. The SMILES string of the molecule is C[C@H]1CC[C@H](Cn2cnc3nc(-c4noc(=O)[nH]4)nc(-c4cncc(Cl)c4)c32)CC1. The fourth-order valence-corrected chi connectivity index (χ4v) is 4.26. The average Bonchev–Trinajstić information content (AvgIpc) is 3.35. The van der Waals surface area contributed by atoms with E-state index in [2.05, 4.69) is 46.1 Å². The van der Waals surface area contributed by atoms with Gasteiger partial charge in [0.1, 0.15) is 11.2 Å². The first-order chi connectivity index (χ1) is 14.6. The van der Waals surface area contributed by atoms with E-state index in [9.17, 15) is 4.79 Å². The maximum absolute atomic E-state index is 11.4. The Labute approximate surface area is 176 Å². The van der Waals surface area contributed by atoms with Gasteiger partial charge in [-0.05, 0) is 30.7 Å². The molecule has 4 heterocycles. The highest BCUT2D eigenvalue weighted by Crippen LogP contribution is 2.33. The summed E-state index contributed by atoms with van der Waals surface area (Å²) < 4.78 is 6.72. The second-order valence-corrected chi connectivity index (χ2v) is 8.36. The maximum atomic E-state index is 11.4. The molecule has 0 aliphatic heterocycles. The number of H-pyrrole nitrogens is 1. The van der Waals surface area contributed by atoms with Crippen LogP contribution >= 0.6 is 11.6 Å². The van der Waals surface area contributed by atoms with E-state index in [0.29, 0.717) is 22.3 Å². The van der Waals surface area contributed by atoms with Crippen LogP contribution in [0.5, 0.6) is 0 Å². The van der Waals surface area contributed by atoms with Crippen LogP contribution in [0.3, 0.4) is 0 Å². The van der Waals surface area contributed by atoms with E-state index in [0.717, 1.165) is 23.5 Å². The zero-order chi connectivity index (χ0) is 20.7. The minimum absolute atomic E-state index is 0.147. The van der Waals surface area contributed by atoms with Crippen LogP contribution in [0.2, 0.25) is 5.02 Å². The van der Waals surface area contributed by atoms with Gasteiger partial charge in [0.2, 0.25) is 11.6 Å². The Hall–Kier alpha value is -3.07. The van der Waals surface area contributed by atoms with E-state index in [1.807, 2.05) is 0 Å². The van der Waals surface area contributed by atoms with E-state index < -0.39 is 5.76 Å². The fraction of sp³-hybridized carbons (Fsp3) is 0.400.